The summed E-state index contributed by atoms with van der Waals surface area (Å²) < 4.78 is 0. The van der Waals surface area contributed by atoms with Crippen molar-refractivity contribution in [1.29, 1.82) is 0 Å². The van der Waals surface area contributed by atoms with Crippen molar-refractivity contribution in [1.82, 2.24) is 15.3 Å². The molecule has 0 bridgehead atoms. The summed E-state index contributed by atoms with van der Waals surface area (Å²) in [5, 5.41) is 6.19. The van der Waals surface area contributed by atoms with E-state index < -0.39 is 0 Å². The average Bonchev–Trinajstić information content (AvgIpc) is 2.68. The number of aromatic nitrogens is 2. The highest BCUT2D eigenvalue weighted by atomic mass is 16.1. The van der Waals surface area contributed by atoms with E-state index in [1.54, 1.807) is 30.9 Å². The van der Waals surface area contributed by atoms with E-state index >= 15 is 0 Å². The summed E-state index contributed by atoms with van der Waals surface area (Å²) in [7, 11) is 0. The summed E-state index contributed by atoms with van der Waals surface area (Å²) in [6.45, 7) is 1.23. The average molecular weight is 332 g/mol. The van der Waals surface area contributed by atoms with Gasteiger partial charge in [0.15, 0.2) is 0 Å². The van der Waals surface area contributed by atoms with Crippen LogP contribution >= 0.6 is 0 Å². The van der Waals surface area contributed by atoms with E-state index in [1.165, 1.54) is 5.56 Å². The highest BCUT2D eigenvalue weighted by molar-refractivity contribution is 5.94. The second kappa shape index (κ2) is 8.59. The number of benzene rings is 1. The maximum atomic E-state index is 12.3. The van der Waals surface area contributed by atoms with E-state index in [4.69, 9.17) is 0 Å². The summed E-state index contributed by atoms with van der Waals surface area (Å²) >= 11 is 0. The van der Waals surface area contributed by atoms with Crippen LogP contribution in [0.2, 0.25) is 0 Å². The van der Waals surface area contributed by atoms with Gasteiger partial charge in [-0.05, 0) is 29.7 Å². The third-order valence-electron chi connectivity index (χ3n) is 3.76. The van der Waals surface area contributed by atoms with E-state index in [2.05, 4.69) is 32.7 Å². The fourth-order valence-electron chi connectivity index (χ4n) is 2.43. The molecule has 1 amide bonds. The van der Waals surface area contributed by atoms with Crippen molar-refractivity contribution in [3.63, 3.8) is 0 Å². The molecule has 0 fully saturated rings. The number of nitrogens with one attached hydrogen (secondary N) is 2. The van der Waals surface area contributed by atoms with Gasteiger partial charge in [0.25, 0.3) is 5.91 Å². The van der Waals surface area contributed by atoms with E-state index in [0.29, 0.717) is 18.7 Å². The van der Waals surface area contributed by atoms with Gasteiger partial charge >= 0.3 is 0 Å². The maximum absolute atomic E-state index is 12.3. The van der Waals surface area contributed by atoms with Crippen LogP contribution in [0.5, 0.6) is 0 Å². The van der Waals surface area contributed by atoms with Crippen LogP contribution in [-0.2, 0) is 13.0 Å². The predicted octanol–water partition coefficient (Wildman–Crippen LogP) is 3.06. The van der Waals surface area contributed by atoms with Crippen LogP contribution in [0.1, 0.15) is 21.5 Å². The third-order valence-corrected chi connectivity index (χ3v) is 3.76. The van der Waals surface area contributed by atoms with Gasteiger partial charge in [0.2, 0.25) is 0 Å². The topological polar surface area (TPSA) is 66.9 Å². The molecule has 3 rings (SSSR count). The number of anilines is 1. The lowest BCUT2D eigenvalue weighted by Gasteiger charge is -2.09. The molecule has 0 spiro atoms. The largest absolute Gasteiger partial charge is 0.380 e. The van der Waals surface area contributed by atoms with Gasteiger partial charge in [-0.15, -0.1) is 0 Å². The van der Waals surface area contributed by atoms with Crippen molar-refractivity contribution in [3.05, 3.63) is 90.0 Å². The molecule has 25 heavy (non-hydrogen) atoms. The van der Waals surface area contributed by atoms with Crippen LogP contribution in [0.4, 0.5) is 5.69 Å². The summed E-state index contributed by atoms with van der Waals surface area (Å²) in [6.07, 6.45) is 7.63. The molecule has 0 saturated heterocycles. The first-order valence-corrected chi connectivity index (χ1v) is 8.21. The Morgan fingerprint density at radius 3 is 2.56 bits per heavy atom. The number of amides is 1. The fraction of sp³-hybridized carbons (Fsp3) is 0.150. The Hall–Kier alpha value is -3.21. The summed E-state index contributed by atoms with van der Waals surface area (Å²) in [4.78, 5) is 20.5. The molecule has 3 aromatic rings. The van der Waals surface area contributed by atoms with Crippen LogP contribution in [0.25, 0.3) is 0 Å². The Labute approximate surface area is 147 Å². The molecular formula is C20H20N4O. The van der Waals surface area contributed by atoms with Crippen LogP contribution in [0.3, 0.4) is 0 Å². The van der Waals surface area contributed by atoms with Crippen LogP contribution in [-0.4, -0.2) is 22.4 Å². The molecule has 0 aliphatic heterocycles. The molecule has 5 heteroatoms. The second-order valence-corrected chi connectivity index (χ2v) is 5.67. The Bertz CT molecular complexity index is 806. The normalized spacial score (nSPS) is 10.2. The van der Waals surface area contributed by atoms with Gasteiger partial charge in [0.05, 0.1) is 11.3 Å². The number of nitrogens with zero attached hydrogens (tertiary/aromatic N) is 2. The smallest absolute Gasteiger partial charge is 0.252 e. The predicted molar refractivity (Wildman–Crippen MR) is 98.3 cm³/mol. The first-order valence-electron chi connectivity index (χ1n) is 8.21. The number of carbonyl (C=O) groups is 1. The van der Waals surface area contributed by atoms with Crippen molar-refractivity contribution in [2.24, 2.45) is 0 Å². The Kier molecular flexibility index (Phi) is 5.72. The quantitative estimate of drug-likeness (QED) is 0.698. The minimum atomic E-state index is -0.117. The van der Waals surface area contributed by atoms with Gasteiger partial charge in [-0.25, -0.2) is 0 Å². The summed E-state index contributed by atoms with van der Waals surface area (Å²) in [5.41, 5.74) is 3.62. The van der Waals surface area contributed by atoms with Crippen molar-refractivity contribution in [2.45, 2.75) is 13.0 Å². The Balaban J connectivity index is 1.52. The molecule has 2 N–H and O–H groups in total. The van der Waals surface area contributed by atoms with Crippen molar-refractivity contribution in [3.8, 4) is 0 Å². The number of rotatable bonds is 7. The second-order valence-electron chi connectivity index (χ2n) is 5.67. The summed E-state index contributed by atoms with van der Waals surface area (Å²) in [5.74, 6) is -0.117. The Morgan fingerprint density at radius 2 is 1.76 bits per heavy atom. The zero-order chi connectivity index (χ0) is 17.3. The maximum Gasteiger partial charge on any atom is 0.252 e. The SMILES string of the molecule is O=C(NCCc1ccccc1)c1cncc(NCc2cccnc2)c1. The molecule has 0 saturated carbocycles. The highest BCUT2D eigenvalue weighted by Gasteiger charge is 2.06. The minimum Gasteiger partial charge on any atom is -0.380 e. The lowest BCUT2D eigenvalue weighted by molar-refractivity contribution is 0.0954. The van der Waals surface area contributed by atoms with Gasteiger partial charge < -0.3 is 10.6 Å². The molecule has 0 radical (unpaired) electrons. The van der Waals surface area contributed by atoms with E-state index in [1.807, 2.05) is 30.3 Å². The molecule has 0 aliphatic carbocycles. The summed E-state index contributed by atoms with van der Waals surface area (Å²) in [6, 6.07) is 15.8. The van der Waals surface area contributed by atoms with Gasteiger partial charge in [-0.2, -0.15) is 0 Å². The third kappa shape index (κ3) is 5.14. The fourth-order valence-corrected chi connectivity index (χ4v) is 2.43. The molecule has 2 aromatic heterocycles. The van der Waals surface area contributed by atoms with Crippen LogP contribution in [0, 0.1) is 0 Å². The molecule has 0 aliphatic rings. The highest BCUT2D eigenvalue weighted by Crippen LogP contribution is 2.10. The monoisotopic (exact) mass is 332 g/mol. The van der Waals surface area contributed by atoms with Gasteiger partial charge in [-0.1, -0.05) is 36.4 Å². The number of carbonyl (C=O) groups excluding carboxylic acids is 1. The van der Waals surface area contributed by atoms with Crippen molar-refractivity contribution >= 4 is 11.6 Å². The first kappa shape index (κ1) is 16.6. The molecule has 1 aromatic carbocycles. The van der Waals surface area contributed by atoms with Gasteiger partial charge in [-0.3, -0.25) is 14.8 Å². The van der Waals surface area contributed by atoms with Crippen LogP contribution in [0.15, 0.2) is 73.3 Å². The molecule has 126 valence electrons. The lowest BCUT2D eigenvalue weighted by Crippen LogP contribution is -2.25. The van der Waals surface area contributed by atoms with Crippen molar-refractivity contribution in [2.75, 3.05) is 11.9 Å². The molecular weight excluding hydrogens is 312 g/mol. The van der Waals surface area contributed by atoms with Crippen molar-refractivity contribution < 1.29 is 4.79 Å². The van der Waals surface area contributed by atoms with E-state index in [-0.39, 0.29) is 5.91 Å². The zero-order valence-corrected chi connectivity index (χ0v) is 13.9. The van der Waals surface area contributed by atoms with E-state index in [0.717, 1.165) is 17.7 Å². The first-order chi connectivity index (χ1) is 12.3. The number of pyridine rings is 2. The standard InChI is InChI=1S/C20H20N4O/c25-20(23-10-8-16-5-2-1-3-6-16)18-11-19(15-22-14-18)24-13-17-7-4-9-21-12-17/h1-7,9,11-12,14-15,24H,8,10,13H2,(H,23,25). The number of hydrogen-bond donors (Lipinski definition) is 2. The Morgan fingerprint density at radius 1 is 0.920 bits per heavy atom. The lowest BCUT2D eigenvalue weighted by atomic mass is 10.1. The minimum absolute atomic E-state index is 0.117. The van der Waals surface area contributed by atoms with Gasteiger partial charge in [0.1, 0.15) is 0 Å². The molecule has 5 nitrogen and oxygen atoms in total. The number of hydrogen-bond acceptors (Lipinski definition) is 4. The molecule has 0 atom stereocenters. The van der Waals surface area contributed by atoms with Gasteiger partial charge in [0, 0.05) is 37.9 Å². The molecule has 2 heterocycles. The zero-order valence-electron chi connectivity index (χ0n) is 13.9. The van der Waals surface area contributed by atoms with E-state index in [9.17, 15) is 4.79 Å². The molecule has 0 unspecified atom stereocenters. The van der Waals surface area contributed by atoms with Crippen LogP contribution < -0.4 is 10.6 Å².